The molecule has 0 amide bonds. The van der Waals surface area contributed by atoms with Crippen LogP contribution in [0.15, 0.2) is 36.5 Å². The fraction of sp³-hybridized carbons (Fsp3) is 0.423. The van der Waals surface area contributed by atoms with Crippen LogP contribution in [0.25, 0.3) is 11.0 Å². The highest BCUT2D eigenvalue weighted by molar-refractivity contribution is 6.30. The Bertz CT molecular complexity index is 1150. The van der Waals surface area contributed by atoms with Gasteiger partial charge in [-0.1, -0.05) is 44.0 Å². The van der Waals surface area contributed by atoms with E-state index in [1.54, 1.807) is 6.92 Å². The van der Waals surface area contributed by atoms with Crippen LogP contribution in [0.3, 0.4) is 0 Å². The monoisotopic (exact) mass is 436 g/mol. The molecule has 0 atom stereocenters. The van der Waals surface area contributed by atoms with E-state index in [0.717, 1.165) is 52.7 Å². The molecule has 0 spiro atoms. The fourth-order valence-electron chi connectivity index (χ4n) is 4.20. The number of hydrogen-bond acceptors (Lipinski definition) is 3. The van der Waals surface area contributed by atoms with Gasteiger partial charge >= 0.3 is 0 Å². The standard InChI is InChI=1S/C26H29ClN2O2/c1-16-12-21-23(24(31)19-6-5-7-19)22(13-26(3,4)17(2)30)29(25(21)28-14-16)15-18-8-10-20(27)11-9-18/h8-12,14,19H,5-7,13,15H2,1-4H3. The zero-order chi connectivity index (χ0) is 22.3. The largest absolute Gasteiger partial charge is 0.324 e. The molecular formula is C26H29ClN2O2. The van der Waals surface area contributed by atoms with Crippen molar-refractivity contribution in [2.24, 2.45) is 11.3 Å². The smallest absolute Gasteiger partial charge is 0.168 e. The number of carbonyl (C=O) groups excluding carboxylic acids is 2. The Kier molecular flexibility index (Phi) is 5.78. The first-order valence-corrected chi connectivity index (χ1v) is 11.3. The lowest BCUT2D eigenvalue weighted by molar-refractivity contribution is -0.124. The molecule has 2 aromatic heterocycles. The third-order valence-electron chi connectivity index (χ3n) is 6.68. The predicted octanol–water partition coefficient (Wildman–Crippen LogP) is 6.19. The summed E-state index contributed by atoms with van der Waals surface area (Å²) in [5, 5.41) is 1.59. The molecule has 0 saturated heterocycles. The molecule has 1 saturated carbocycles. The quantitative estimate of drug-likeness (QED) is 0.415. The van der Waals surface area contributed by atoms with Crippen molar-refractivity contribution in [2.75, 3.05) is 0 Å². The van der Waals surface area contributed by atoms with Gasteiger partial charge in [0.05, 0.1) is 0 Å². The summed E-state index contributed by atoms with van der Waals surface area (Å²) in [5.41, 5.74) is 4.01. The van der Waals surface area contributed by atoms with Gasteiger partial charge < -0.3 is 4.57 Å². The lowest BCUT2D eigenvalue weighted by atomic mass is 9.77. The van der Waals surface area contributed by atoms with Crippen molar-refractivity contribution in [3.05, 3.63) is 63.9 Å². The SMILES string of the molecule is CC(=O)C(C)(C)Cc1c(C(=O)C2CCC2)c2cc(C)cnc2n1Cc1ccc(Cl)cc1. The van der Waals surface area contributed by atoms with Gasteiger partial charge in [-0.2, -0.15) is 0 Å². The average molecular weight is 437 g/mol. The first-order chi connectivity index (χ1) is 14.7. The molecule has 0 radical (unpaired) electrons. The van der Waals surface area contributed by atoms with Crippen molar-refractivity contribution in [1.82, 2.24) is 9.55 Å². The Hall–Kier alpha value is -2.46. The van der Waals surface area contributed by atoms with Crippen LogP contribution in [0.5, 0.6) is 0 Å². The second-order valence-electron chi connectivity index (χ2n) is 9.53. The molecule has 2 heterocycles. The number of aryl methyl sites for hydroxylation is 1. The summed E-state index contributed by atoms with van der Waals surface area (Å²) in [5.74, 6) is 0.393. The Morgan fingerprint density at radius 1 is 1.19 bits per heavy atom. The number of rotatable bonds is 7. The molecular weight excluding hydrogens is 408 g/mol. The average Bonchev–Trinajstić information content (AvgIpc) is 2.93. The number of fused-ring (bicyclic) bond motifs is 1. The Morgan fingerprint density at radius 2 is 1.87 bits per heavy atom. The zero-order valence-electron chi connectivity index (χ0n) is 18.7. The lowest BCUT2D eigenvalue weighted by Gasteiger charge is -2.26. The van der Waals surface area contributed by atoms with Gasteiger partial charge in [0.15, 0.2) is 5.78 Å². The fourth-order valence-corrected chi connectivity index (χ4v) is 4.32. The maximum Gasteiger partial charge on any atom is 0.168 e. The second kappa shape index (κ2) is 8.23. The molecule has 4 rings (SSSR count). The van der Waals surface area contributed by atoms with Crippen molar-refractivity contribution in [2.45, 2.75) is 59.9 Å². The summed E-state index contributed by atoms with van der Waals surface area (Å²) in [6, 6.07) is 9.81. The number of nitrogens with zero attached hydrogens (tertiary/aromatic N) is 2. The number of carbonyl (C=O) groups is 2. The third-order valence-corrected chi connectivity index (χ3v) is 6.93. The predicted molar refractivity (Wildman–Crippen MR) is 125 cm³/mol. The summed E-state index contributed by atoms with van der Waals surface area (Å²) >= 11 is 6.08. The number of benzene rings is 1. The molecule has 1 aliphatic rings. The second-order valence-corrected chi connectivity index (χ2v) is 9.96. The van der Waals surface area contributed by atoms with E-state index in [1.165, 1.54) is 0 Å². The maximum atomic E-state index is 13.6. The lowest BCUT2D eigenvalue weighted by Crippen LogP contribution is -2.28. The number of Topliss-reactive ketones (excluding diaryl/α,β-unsaturated/α-hetero) is 2. The number of halogens is 1. The van der Waals surface area contributed by atoms with Crippen LogP contribution in [0, 0.1) is 18.3 Å². The molecule has 1 aliphatic carbocycles. The molecule has 1 fully saturated rings. The van der Waals surface area contributed by atoms with E-state index < -0.39 is 5.41 Å². The molecule has 3 aromatic rings. The van der Waals surface area contributed by atoms with Gasteiger partial charge in [0, 0.05) is 52.2 Å². The summed E-state index contributed by atoms with van der Waals surface area (Å²) in [6.07, 6.45) is 5.33. The molecule has 5 heteroatoms. The van der Waals surface area contributed by atoms with Crippen LogP contribution in [0.2, 0.25) is 5.02 Å². The minimum absolute atomic E-state index is 0.0780. The van der Waals surface area contributed by atoms with Crippen molar-refractivity contribution in [3.8, 4) is 0 Å². The van der Waals surface area contributed by atoms with Crippen LogP contribution in [0.1, 0.15) is 67.2 Å². The highest BCUT2D eigenvalue weighted by atomic mass is 35.5. The van der Waals surface area contributed by atoms with E-state index in [1.807, 2.05) is 51.2 Å². The van der Waals surface area contributed by atoms with Gasteiger partial charge in [0.25, 0.3) is 0 Å². The van der Waals surface area contributed by atoms with Gasteiger partial charge in [-0.3, -0.25) is 9.59 Å². The third kappa shape index (κ3) is 4.18. The van der Waals surface area contributed by atoms with Crippen LogP contribution in [-0.2, 0) is 17.8 Å². The highest BCUT2D eigenvalue weighted by Crippen LogP contribution is 2.38. The van der Waals surface area contributed by atoms with E-state index in [2.05, 4.69) is 10.6 Å². The summed E-state index contributed by atoms with van der Waals surface area (Å²) < 4.78 is 2.13. The van der Waals surface area contributed by atoms with Gasteiger partial charge in [0.1, 0.15) is 11.4 Å². The maximum absolute atomic E-state index is 13.6. The molecule has 162 valence electrons. The summed E-state index contributed by atoms with van der Waals surface area (Å²) in [4.78, 5) is 30.7. The Labute approximate surface area is 188 Å². The van der Waals surface area contributed by atoms with Gasteiger partial charge in [-0.25, -0.2) is 4.98 Å². The molecule has 4 nitrogen and oxygen atoms in total. The first kappa shape index (κ1) is 21.8. The van der Waals surface area contributed by atoms with Crippen LogP contribution >= 0.6 is 11.6 Å². The van der Waals surface area contributed by atoms with Gasteiger partial charge in [-0.05, 0) is 56.0 Å². The van der Waals surface area contributed by atoms with E-state index in [0.29, 0.717) is 18.0 Å². The Balaban J connectivity index is 1.94. The molecule has 0 bridgehead atoms. The number of pyridine rings is 1. The topological polar surface area (TPSA) is 52.0 Å². The molecule has 31 heavy (non-hydrogen) atoms. The van der Waals surface area contributed by atoms with Gasteiger partial charge in [-0.15, -0.1) is 0 Å². The first-order valence-electron chi connectivity index (χ1n) is 10.9. The van der Waals surface area contributed by atoms with Gasteiger partial charge in [0.2, 0.25) is 0 Å². The van der Waals surface area contributed by atoms with Crippen LogP contribution < -0.4 is 0 Å². The van der Waals surface area contributed by atoms with Crippen molar-refractivity contribution in [3.63, 3.8) is 0 Å². The molecule has 0 aliphatic heterocycles. The van der Waals surface area contributed by atoms with E-state index in [9.17, 15) is 9.59 Å². The number of ketones is 2. The summed E-state index contributed by atoms with van der Waals surface area (Å²) in [7, 11) is 0. The van der Waals surface area contributed by atoms with E-state index in [4.69, 9.17) is 16.6 Å². The molecule has 1 aromatic carbocycles. The normalized spacial score (nSPS) is 14.6. The summed E-state index contributed by atoms with van der Waals surface area (Å²) in [6.45, 7) is 8.11. The molecule has 0 N–H and O–H groups in total. The number of aromatic nitrogens is 2. The zero-order valence-corrected chi connectivity index (χ0v) is 19.4. The van der Waals surface area contributed by atoms with Crippen LogP contribution in [-0.4, -0.2) is 21.1 Å². The minimum atomic E-state index is -0.574. The Morgan fingerprint density at radius 3 is 2.45 bits per heavy atom. The molecule has 0 unspecified atom stereocenters. The van der Waals surface area contributed by atoms with E-state index in [-0.39, 0.29) is 17.5 Å². The van der Waals surface area contributed by atoms with Crippen molar-refractivity contribution >= 4 is 34.2 Å². The van der Waals surface area contributed by atoms with Crippen LogP contribution in [0.4, 0.5) is 0 Å². The van der Waals surface area contributed by atoms with Crippen molar-refractivity contribution < 1.29 is 9.59 Å². The van der Waals surface area contributed by atoms with Crippen molar-refractivity contribution in [1.29, 1.82) is 0 Å². The van der Waals surface area contributed by atoms with E-state index >= 15 is 0 Å². The minimum Gasteiger partial charge on any atom is -0.324 e. The number of hydrogen-bond donors (Lipinski definition) is 0. The highest BCUT2D eigenvalue weighted by Gasteiger charge is 2.35.